The quantitative estimate of drug-likeness (QED) is 0.842. The molecule has 0 unspecified atom stereocenters. The average Bonchev–Trinajstić information content (AvgIpc) is 2.86. The molecule has 0 bridgehead atoms. The molecule has 0 saturated carbocycles. The van der Waals surface area contributed by atoms with Gasteiger partial charge in [0.1, 0.15) is 5.01 Å². The Morgan fingerprint density at radius 3 is 2.79 bits per heavy atom. The monoisotopic (exact) mass is 276 g/mol. The summed E-state index contributed by atoms with van der Waals surface area (Å²) >= 11 is 1.52. The van der Waals surface area contributed by atoms with E-state index >= 15 is 0 Å². The Morgan fingerprint density at radius 1 is 1.37 bits per heavy atom. The van der Waals surface area contributed by atoms with E-state index in [2.05, 4.69) is 4.98 Å². The summed E-state index contributed by atoms with van der Waals surface area (Å²) < 4.78 is 5.02. The summed E-state index contributed by atoms with van der Waals surface area (Å²) in [6, 6.07) is 9.58. The number of carbonyl (C=O) groups is 1. The first kappa shape index (κ1) is 13.7. The van der Waals surface area contributed by atoms with Gasteiger partial charge in [-0.05, 0) is 12.1 Å². The molecule has 19 heavy (non-hydrogen) atoms. The van der Waals surface area contributed by atoms with Gasteiger partial charge in [-0.1, -0.05) is 18.2 Å². The van der Waals surface area contributed by atoms with Crippen molar-refractivity contribution in [3.63, 3.8) is 0 Å². The first-order chi connectivity index (χ1) is 9.20. The molecular weight excluding hydrogens is 260 g/mol. The fourth-order valence-electron chi connectivity index (χ4n) is 1.69. The maximum absolute atomic E-state index is 12.1. The van der Waals surface area contributed by atoms with Gasteiger partial charge in [0.2, 0.25) is 5.91 Å². The minimum absolute atomic E-state index is 0.0282. The number of thiazole rings is 1. The molecule has 0 atom stereocenters. The maximum atomic E-state index is 12.1. The minimum atomic E-state index is 0.0282. The summed E-state index contributed by atoms with van der Waals surface area (Å²) in [5.74, 6) is 0.0282. The molecule has 1 aromatic carbocycles. The van der Waals surface area contributed by atoms with Gasteiger partial charge in [-0.3, -0.25) is 4.79 Å². The third-order valence-corrected chi connectivity index (χ3v) is 3.59. The number of rotatable bonds is 5. The van der Waals surface area contributed by atoms with Gasteiger partial charge >= 0.3 is 0 Å². The number of nitrogens with zero attached hydrogens (tertiary/aromatic N) is 2. The number of benzene rings is 1. The van der Waals surface area contributed by atoms with Gasteiger partial charge in [0.05, 0.1) is 18.7 Å². The lowest BCUT2D eigenvalue weighted by molar-refractivity contribution is -0.117. The fourth-order valence-corrected chi connectivity index (χ4v) is 2.45. The van der Waals surface area contributed by atoms with E-state index in [1.54, 1.807) is 19.1 Å². The van der Waals surface area contributed by atoms with Crippen LogP contribution in [0.4, 0.5) is 5.69 Å². The highest BCUT2D eigenvalue weighted by Crippen LogP contribution is 2.15. The first-order valence-electron chi connectivity index (χ1n) is 5.94. The molecular formula is C14H16N2O2S. The zero-order chi connectivity index (χ0) is 13.7. The number of anilines is 1. The molecule has 0 N–H and O–H groups in total. The third-order valence-electron chi connectivity index (χ3n) is 2.72. The highest BCUT2D eigenvalue weighted by atomic mass is 32.1. The standard InChI is InChI=1S/C14H16N2O2S/c1-16(12-6-4-3-5-7-12)14(17)8-11-10-19-13(15-11)9-18-2/h3-7,10H,8-9H2,1-2H3. The number of ether oxygens (including phenoxy) is 1. The molecule has 1 amide bonds. The predicted molar refractivity (Wildman–Crippen MR) is 76.4 cm³/mol. The van der Waals surface area contributed by atoms with Gasteiger partial charge < -0.3 is 9.64 Å². The molecule has 0 aliphatic rings. The lowest BCUT2D eigenvalue weighted by Gasteiger charge is -2.16. The van der Waals surface area contributed by atoms with E-state index in [1.807, 2.05) is 35.7 Å². The third kappa shape index (κ3) is 3.62. The van der Waals surface area contributed by atoms with Crippen LogP contribution < -0.4 is 4.90 Å². The van der Waals surface area contributed by atoms with Crippen LogP contribution in [0.1, 0.15) is 10.7 Å². The smallest absolute Gasteiger partial charge is 0.232 e. The van der Waals surface area contributed by atoms with E-state index in [4.69, 9.17) is 4.74 Å². The van der Waals surface area contributed by atoms with E-state index in [0.717, 1.165) is 16.4 Å². The van der Waals surface area contributed by atoms with Crippen molar-refractivity contribution in [2.75, 3.05) is 19.1 Å². The molecule has 0 saturated heterocycles. The van der Waals surface area contributed by atoms with Gasteiger partial charge in [-0.15, -0.1) is 11.3 Å². The largest absolute Gasteiger partial charge is 0.378 e. The molecule has 0 spiro atoms. The van der Waals surface area contributed by atoms with E-state index in [9.17, 15) is 4.79 Å². The molecule has 0 aliphatic heterocycles. The second-order valence-electron chi connectivity index (χ2n) is 4.13. The van der Waals surface area contributed by atoms with Crippen LogP contribution in [-0.4, -0.2) is 25.0 Å². The summed E-state index contributed by atoms with van der Waals surface area (Å²) in [7, 11) is 3.41. The number of hydrogen-bond donors (Lipinski definition) is 0. The lowest BCUT2D eigenvalue weighted by Crippen LogP contribution is -2.27. The van der Waals surface area contributed by atoms with Gasteiger partial charge in [0.25, 0.3) is 0 Å². The number of para-hydroxylation sites is 1. The molecule has 5 heteroatoms. The molecule has 0 aliphatic carbocycles. The Morgan fingerprint density at radius 2 is 2.11 bits per heavy atom. The summed E-state index contributed by atoms with van der Waals surface area (Å²) in [4.78, 5) is 18.1. The van der Waals surface area contributed by atoms with E-state index in [0.29, 0.717) is 13.0 Å². The summed E-state index contributed by atoms with van der Waals surface area (Å²) in [6.45, 7) is 0.493. The van der Waals surface area contributed by atoms with Gasteiger partial charge in [-0.2, -0.15) is 0 Å². The Bertz CT molecular complexity index is 539. The molecule has 0 fully saturated rings. The van der Waals surface area contributed by atoms with Crippen molar-refractivity contribution in [2.45, 2.75) is 13.0 Å². The molecule has 0 radical (unpaired) electrons. The van der Waals surface area contributed by atoms with E-state index < -0.39 is 0 Å². The second-order valence-corrected chi connectivity index (χ2v) is 5.07. The molecule has 2 rings (SSSR count). The van der Waals surface area contributed by atoms with Crippen LogP contribution in [0.2, 0.25) is 0 Å². The minimum Gasteiger partial charge on any atom is -0.378 e. The highest BCUT2D eigenvalue weighted by molar-refractivity contribution is 7.09. The Labute approximate surface area is 116 Å². The fraction of sp³-hybridized carbons (Fsp3) is 0.286. The van der Waals surface area contributed by atoms with Crippen LogP contribution in [0.25, 0.3) is 0 Å². The van der Waals surface area contributed by atoms with Crippen LogP contribution in [0.15, 0.2) is 35.7 Å². The molecule has 1 heterocycles. The van der Waals surface area contributed by atoms with E-state index in [1.165, 1.54) is 11.3 Å². The van der Waals surface area contributed by atoms with Crippen molar-refractivity contribution in [3.8, 4) is 0 Å². The number of aromatic nitrogens is 1. The van der Waals surface area contributed by atoms with Crippen molar-refractivity contribution < 1.29 is 9.53 Å². The first-order valence-corrected chi connectivity index (χ1v) is 6.82. The average molecular weight is 276 g/mol. The second kappa shape index (κ2) is 6.45. The van der Waals surface area contributed by atoms with Crippen LogP contribution in [0.3, 0.4) is 0 Å². The summed E-state index contributed by atoms with van der Waals surface area (Å²) in [5, 5.41) is 2.80. The van der Waals surface area contributed by atoms with Crippen molar-refractivity contribution in [1.82, 2.24) is 4.98 Å². The summed E-state index contributed by atoms with van der Waals surface area (Å²) in [5.41, 5.74) is 1.68. The topological polar surface area (TPSA) is 42.4 Å². The number of likely N-dealkylation sites (N-methyl/N-ethyl adjacent to an activating group) is 1. The van der Waals surface area contributed by atoms with Crippen LogP contribution in [0, 0.1) is 0 Å². The number of amides is 1. The number of carbonyl (C=O) groups excluding carboxylic acids is 1. The Balaban J connectivity index is 2.00. The van der Waals surface area contributed by atoms with Crippen LogP contribution >= 0.6 is 11.3 Å². The molecule has 2 aromatic rings. The zero-order valence-electron chi connectivity index (χ0n) is 11.0. The SMILES string of the molecule is COCc1nc(CC(=O)N(C)c2ccccc2)cs1. The molecule has 1 aromatic heterocycles. The normalized spacial score (nSPS) is 10.4. The van der Waals surface area contributed by atoms with Crippen molar-refractivity contribution in [1.29, 1.82) is 0 Å². The van der Waals surface area contributed by atoms with Gasteiger partial charge in [-0.25, -0.2) is 4.98 Å². The van der Waals surface area contributed by atoms with Crippen LogP contribution in [-0.2, 0) is 22.6 Å². The number of hydrogen-bond acceptors (Lipinski definition) is 4. The van der Waals surface area contributed by atoms with Gasteiger partial charge in [0.15, 0.2) is 0 Å². The summed E-state index contributed by atoms with van der Waals surface area (Å²) in [6.07, 6.45) is 0.311. The Hall–Kier alpha value is -1.72. The van der Waals surface area contributed by atoms with Crippen LogP contribution in [0.5, 0.6) is 0 Å². The van der Waals surface area contributed by atoms with E-state index in [-0.39, 0.29) is 5.91 Å². The van der Waals surface area contributed by atoms with Crippen molar-refractivity contribution in [2.24, 2.45) is 0 Å². The highest BCUT2D eigenvalue weighted by Gasteiger charge is 2.13. The molecule has 100 valence electrons. The Kier molecular flexibility index (Phi) is 4.65. The lowest BCUT2D eigenvalue weighted by atomic mass is 10.2. The van der Waals surface area contributed by atoms with Crippen molar-refractivity contribution in [3.05, 3.63) is 46.4 Å². The zero-order valence-corrected chi connectivity index (χ0v) is 11.8. The number of methoxy groups -OCH3 is 1. The predicted octanol–water partition coefficient (Wildman–Crippen LogP) is 2.50. The van der Waals surface area contributed by atoms with Crippen molar-refractivity contribution >= 4 is 22.9 Å². The van der Waals surface area contributed by atoms with Gasteiger partial charge in [0, 0.05) is 25.2 Å². The maximum Gasteiger partial charge on any atom is 0.232 e. The molecule has 4 nitrogen and oxygen atoms in total.